The largest absolute Gasteiger partial charge is 0.361 e. The van der Waals surface area contributed by atoms with E-state index in [1.807, 2.05) is 30.5 Å². The van der Waals surface area contributed by atoms with Crippen LogP contribution in [0.5, 0.6) is 0 Å². The molecule has 1 aromatic heterocycles. The van der Waals surface area contributed by atoms with Crippen molar-refractivity contribution in [2.45, 2.75) is 13.3 Å². The summed E-state index contributed by atoms with van der Waals surface area (Å²) in [4.78, 5) is 14.5. The Kier molecular flexibility index (Phi) is 2.72. The molecule has 0 bridgehead atoms. The average molecular weight is 215 g/mol. The normalized spacial score (nSPS) is 10.3. The molecule has 1 aromatic carbocycles. The van der Waals surface area contributed by atoms with Gasteiger partial charge in [-0.15, -0.1) is 0 Å². The van der Waals surface area contributed by atoms with E-state index in [-0.39, 0.29) is 12.3 Å². The second kappa shape index (κ2) is 4.18. The lowest BCUT2D eigenvalue weighted by molar-refractivity contribution is -0.115. The highest BCUT2D eigenvalue weighted by molar-refractivity contribution is 6.05. The zero-order chi connectivity index (χ0) is 11.5. The molecule has 3 N–H and O–H groups in total. The van der Waals surface area contributed by atoms with Gasteiger partial charge in [0.2, 0.25) is 5.91 Å². The van der Waals surface area contributed by atoms with Gasteiger partial charge in [-0.05, 0) is 30.5 Å². The summed E-state index contributed by atoms with van der Waals surface area (Å²) in [6.07, 6.45) is 2.00. The van der Waals surface area contributed by atoms with Crippen LogP contribution in [0.15, 0.2) is 30.5 Å². The Morgan fingerprint density at radius 1 is 1.44 bits per heavy atom. The molecule has 16 heavy (non-hydrogen) atoms. The van der Waals surface area contributed by atoms with Gasteiger partial charge in [0.25, 0.3) is 0 Å². The van der Waals surface area contributed by atoms with Crippen LogP contribution in [0.4, 0.5) is 5.69 Å². The van der Waals surface area contributed by atoms with Crippen LogP contribution >= 0.6 is 0 Å². The molecular formula is C12H13N3O. The van der Waals surface area contributed by atoms with Crippen LogP contribution in [0.1, 0.15) is 13.3 Å². The fourth-order valence-corrected chi connectivity index (χ4v) is 1.57. The fourth-order valence-electron chi connectivity index (χ4n) is 1.57. The van der Waals surface area contributed by atoms with E-state index in [2.05, 4.69) is 10.3 Å². The van der Waals surface area contributed by atoms with Crippen molar-refractivity contribution in [1.29, 1.82) is 5.41 Å². The van der Waals surface area contributed by atoms with Crippen molar-refractivity contribution < 1.29 is 4.79 Å². The predicted octanol–water partition coefficient (Wildman–Crippen LogP) is 2.54. The highest BCUT2D eigenvalue weighted by Gasteiger charge is 2.04. The SMILES string of the molecule is CC(=N)CC(=O)Nc1ccc2cc[nH]c2c1. The van der Waals surface area contributed by atoms with Gasteiger partial charge in [0, 0.05) is 23.1 Å². The molecule has 0 spiro atoms. The number of benzene rings is 1. The lowest BCUT2D eigenvalue weighted by Crippen LogP contribution is -2.14. The third-order valence-electron chi connectivity index (χ3n) is 2.26. The first-order chi connectivity index (χ1) is 7.65. The number of hydrogen-bond donors (Lipinski definition) is 3. The number of aromatic nitrogens is 1. The second-order valence-corrected chi connectivity index (χ2v) is 3.78. The number of nitrogens with one attached hydrogen (secondary N) is 3. The Morgan fingerprint density at radius 3 is 3.00 bits per heavy atom. The van der Waals surface area contributed by atoms with Crippen LogP contribution in [0.2, 0.25) is 0 Å². The summed E-state index contributed by atoms with van der Waals surface area (Å²) in [5.74, 6) is -0.154. The lowest BCUT2D eigenvalue weighted by Gasteiger charge is -2.04. The molecule has 2 rings (SSSR count). The monoisotopic (exact) mass is 215 g/mol. The molecule has 4 nitrogen and oxygen atoms in total. The average Bonchev–Trinajstić information content (AvgIpc) is 2.63. The smallest absolute Gasteiger partial charge is 0.230 e. The van der Waals surface area contributed by atoms with E-state index in [0.717, 1.165) is 16.6 Å². The number of anilines is 1. The summed E-state index contributed by atoms with van der Waals surface area (Å²) >= 11 is 0. The van der Waals surface area contributed by atoms with Crippen molar-refractivity contribution in [3.8, 4) is 0 Å². The molecule has 0 atom stereocenters. The van der Waals surface area contributed by atoms with Crippen molar-refractivity contribution in [3.05, 3.63) is 30.5 Å². The van der Waals surface area contributed by atoms with Crippen LogP contribution in [0.25, 0.3) is 10.9 Å². The minimum atomic E-state index is -0.154. The Hall–Kier alpha value is -2.10. The highest BCUT2D eigenvalue weighted by Crippen LogP contribution is 2.17. The molecule has 0 unspecified atom stereocenters. The molecular weight excluding hydrogens is 202 g/mol. The molecule has 0 aliphatic heterocycles. The zero-order valence-electron chi connectivity index (χ0n) is 9.00. The highest BCUT2D eigenvalue weighted by atomic mass is 16.1. The topological polar surface area (TPSA) is 68.7 Å². The maximum Gasteiger partial charge on any atom is 0.230 e. The van der Waals surface area contributed by atoms with Crippen LogP contribution < -0.4 is 5.32 Å². The van der Waals surface area contributed by atoms with Crippen molar-refractivity contribution in [2.75, 3.05) is 5.32 Å². The summed E-state index contributed by atoms with van der Waals surface area (Å²) in [6, 6.07) is 7.65. The minimum Gasteiger partial charge on any atom is -0.361 e. The first-order valence-electron chi connectivity index (χ1n) is 5.06. The molecule has 1 amide bonds. The van der Waals surface area contributed by atoms with E-state index in [9.17, 15) is 4.79 Å². The molecule has 2 aromatic rings. The third kappa shape index (κ3) is 2.28. The fraction of sp³-hybridized carbons (Fsp3) is 0.167. The Balaban J connectivity index is 2.14. The van der Waals surface area contributed by atoms with Gasteiger partial charge in [0.1, 0.15) is 0 Å². The number of rotatable bonds is 3. The van der Waals surface area contributed by atoms with Gasteiger partial charge >= 0.3 is 0 Å². The summed E-state index contributed by atoms with van der Waals surface area (Å²) < 4.78 is 0. The molecule has 82 valence electrons. The number of H-pyrrole nitrogens is 1. The van der Waals surface area contributed by atoms with Crippen LogP contribution in [-0.4, -0.2) is 16.6 Å². The molecule has 0 radical (unpaired) electrons. The quantitative estimate of drug-likeness (QED) is 0.676. The van der Waals surface area contributed by atoms with E-state index in [1.165, 1.54) is 0 Å². The van der Waals surface area contributed by atoms with Crippen molar-refractivity contribution in [2.24, 2.45) is 0 Å². The number of amides is 1. The van der Waals surface area contributed by atoms with E-state index in [4.69, 9.17) is 5.41 Å². The van der Waals surface area contributed by atoms with Gasteiger partial charge in [-0.3, -0.25) is 4.79 Å². The Morgan fingerprint density at radius 2 is 2.25 bits per heavy atom. The molecule has 0 aliphatic carbocycles. The molecule has 1 heterocycles. The third-order valence-corrected chi connectivity index (χ3v) is 2.26. The standard InChI is InChI=1S/C12H13N3O/c1-8(13)6-12(16)15-10-3-2-9-4-5-14-11(9)7-10/h2-5,7,13-14H,6H2,1H3,(H,15,16). The second-order valence-electron chi connectivity index (χ2n) is 3.78. The van der Waals surface area contributed by atoms with Crippen molar-refractivity contribution in [3.63, 3.8) is 0 Å². The molecule has 0 saturated carbocycles. The van der Waals surface area contributed by atoms with Crippen LogP contribution in [0.3, 0.4) is 0 Å². The van der Waals surface area contributed by atoms with Gasteiger partial charge in [0.05, 0.1) is 6.42 Å². The Bertz CT molecular complexity index is 542. The molecule has 0 saturated heterocycles. The minimum absolute atomic E-state index is 0.142. The van der Waals surface area contributed by atoms with E-state index in [1.54, 1.807) is 6.92 Å². The predicted molar refractivity (Wildman–Crippen MR) is 64.9 cm³/mol. The van der Waals surface area contributed by atoms with E-state index in [0.29, 0.717) is 5.71 Å². The number of carbonyl (C=O) groups excluding carboxylic acids is 1. The van der Waals surface area contributed by atoms with E-state index < -0.39 is 0 Å². The molecule has 0 fully saturated rings. The number of fused-ring (bicyclic) bond motifs is 1. The Labute approximate surface area is 93.2 Å². The summed E-state index contributed by atoms with van der Waals surface area (Å²) in [5.41, 5.74) is 2.10. The van der Waals surface area contributed by atoms with Gasteiger partial charge in [-0.25, -0.2) is 0 Å². The summed E-state index contributed by atoms with van der Waals surface area (Å²) in [7, 11) is 0. The number of carbonyl (C=O) groups is 1. The summed E-state index contributed by atoms with van der Waals surface area (Å²) in [6.45, 7) is 1.62. The van der Waals surface area contributed by atoms with Crippen LogP contribution in [-0.2, 0) is 4.79 Å². The number of hydrogen-bond acceptors (Lipinski definition) is 2. The van der Waals surface area contributed by atoms with E-state index >= 15 is 0 Å². The van der Waals surface area contributed by atoms with Crippen LogP contribution in [0, 0.1) is 5.41 Å². The maximum atomic E-state index is 11.4. The van der Waals surface area contributed by atoms with Gasteiger partial charge in [-0.2, -0.15) is 0 Å². The van der Waals surface area contributed by atoms with Gasteiger partial charge in [0.15, 0.2) is 0 Å². The molecule has 0 aliphatic rings. The van der Waals surface area contributed by atoms with Gasteiger partial charge < -0.3 is 15.7 Å². The number of aromatic amines is 1. The maximum absolute atomic E-state index is 11.4. The first-order valence-corrected chi connectivity index (χ1v) is 5.06. The van der Waals surface area contributed by atoms with Crippen molar-refractivity contribution in [1.82, 2.24) is 4.98 Å². The van der Waals surface area contributed by atoms with Crippen molar-refractivity contribution >= 4 is 28.2 Å². The lowest BCUT2D eigenvalue weighted by atomic mass is 10.2. The molecule has 4 heteroatoms. The van der Waals surface area contributed by atoms with Gasteiger partial charge in [-0.1, -0.05) is 6.07 Å². The summed E-state index contributed by atoms with van der Waals surface area (Å²) in [5, 5.41) is 11.1. The first kappa shape index (κ1) is 10.4. The zero-order valence-corrected chi connectivity index (χ0v) is 9.00.